The van der Waals surface area contributed by atoms with Gasteiger partial charge in [-0.3, -0.25) is 4.98 Å². The van der Waals surface area contributed by atoms with E-state index in [1.165, 1.54) is 19.3 Å². The molecule has 0 amide bonds. The van der Waals surface area contributed by atoms with Crippen LogP contribution in [0.5, 0.6) is 0 Å². The van der Waals surface area contributed by atoms with Gasteiger partial charge in [-0.15, -0.1) is 0 Å². The summed E-state index contributed by atoms with van der Waals surface area (Å²) in [7, 11) is 0. The number of anilines is 1. The first-order valence-corrected chi connectivity index (χ1v) is 8.41. The maximum atomic E-state index is 6.06. The molecule has 1 aromatic carbocycles. The first-order valence-electron chi connectivity index (χ1n) is 7.62. The Morgan fingerprint density at radius 3 is 2.90 bits per heavy atom. The molecule has 0 aliphatic heterocycles. The van der Waals surface area contributed by atoms with Crippen molar-refractivity contribution in [3.63, 3.8) is 0 Å². The molecule has 4 heteroatoms. The molecular weight excluding hydrogens is 326 g/mol. The van der Waals surface area contributed by atoms with Crippen molar-refractivity contribution in [3.8, 4) is 0 Å². The van der Waals surface area contributed by atoms with E-state index in [-0.39, 0.29) is 5.54 Å². The first kappa shape index (κ1) is 14.8. The van der Waals surface area contributed by atoms with Crippen LogP contribution in [0.15, 0.2) is 34.9 Å². The van der Waals surface area contributed by atoms with Crippen LogP contribution in [0.4, 0.5) is 5.69 Å². The normalized spacial score (nSPS) is 18.2. The average Bonchev–Trinajstić information content (AvgIpc) is 2.43. The molecule has 1 atom stereocenters. The quantitative estimate of drug-likeness (QED) is 0.846. The van der Waals surface area contributed by atoms with Gasteiger partial charge in [0.1, 0.15) is 0 Å². The average molecular weight is 348 g/mol. The van der Waals surface area contributed by atoms with Crippen LogP contribution in [0.3, 0.4) is 0 Å². The number of rotatable bonds is 5. The molecule has 1 unspecified atom stereocenters. The van der Waals surface area contributed by atoms with E-state index >= 15 is 0 Å². The number of hydrogen-bond acceptors (Lipinski definition) is 3. The smallest absolute Gasteiger partial charge is 0.0934 e. The SMILES string of the molecule is CC(CN)(CC1CCC1)Nc1cccc2cc(Br)cnc12. The number of hydrogen-bond donors (Lipinski definition) is 2. The molecular formula is C17H22BrN3. The lowest BCUT2D eigenvalue weighted by Crippen LogP contribution is -2.45. The molecule has 0 bridgehead atoms. The van der Waals surface area contributed by atoms with Crippen molar-refractivity contribution in [3.05, 3.63) is 34.9 Å². The second kappa shape index (κ2) is 5.93. The van der Waals surface area contributed by atoms with Crippen LogP contribution in [0, 0.1) is 5.92 Å². The van der Waals surface area contributed by atoms with E-state index in [0.717, 1.165) is 33.4 Å². The van der Waals surface area contributed by atoms with E-state index in [1.54, 1.807) is 0 Å². The van der Waals surface area contributed by atoms with E-state index in [1.807, 2.05) is 6.20 Å². The molecule has 1 fully saturated rings. The maximum Gasteiger partial charge on any atom is 0.0934 e. The highest BCUT2D eigenvalue weighted by Gasteiger charge is 2.30. The summed E-state index contributed by atoms with van der Waals surface area (Å²) >= 11 is 3.48. The van der Waals surface area contributed by atoms with Crippen LogP contribution >= 0.6 is 15.9 Å². The largest absolute Gasteiger partial charge is 0.377 e. The lowest BCUT2D eigenvalue weighted by Gasteiger charge is -2.37. The van der Waals surface area contributed by atoms with Gasteiger partial charge in [-0.2, -0.15) is 0 Å². The van der Waals surface area contributed by atoms with E-state index in [0.29, 0.717) is 6.54 Å². The van der Waals surface area contributed by atoms with Gasteiger partial charge < -0.3 is 11.1 Å². The summed E-state index contributed by atoms with van der Waals surface area (Å²) in [4.78, 5) is 4.56. The summed E-state index contributed by atoms with van der Waals surface area (Å²) < 4.78 is 1.00. The highest BCUT2D eigenvalue weighted by Crippen LogP contribution is 2.35. The monoisotopic (exact) mass is 347 g/mol. The minimum atomic E-state index is -0.0614. The van der Waals surface area contributed by atoms with Gasteiger partial charge in [0.25, 0.3) is 0 Å². The van der Waals surface area contributed by atoms with Gasteiger partial charge in [-0.05, 0) is 47.3 Å². The number of nitrogens with zero attached hydrogens (tertiary/aromatic N) is 1. The Bertz CT molecular complexity index is 639. The maximum absolute atomic E-state index is 6.06. The molecule has 1 heterocycles. The second-order valence-electron chi connectivity index (χ2n) is 6.42. The molecule has 112 valence electrons. The standard InChI is InChI=1S/C17H22BrN3/c1-17(11-19,9-12-4-2-5-12)21-15-7-3-6-13-8-14(18)10-20-16(13)15/h3,6-8,10,12,21H,2,4-5,9,11,19H2,1H3. The summed E-state index contributed by atoms with van der Waals surface area (Å²) in [5.74, 6) is 0.822. The van der Waals surface area contributed by atoms with E-state index in [2.05, 4.69) is 57.4 Å². The van der Waals surface area contributed by atoms with Crippen molar-refractivity contribution >= 4 is 32.5 Å². The number of aromatic nitrogens is 1. The molecule has 0 saturated heterocycles. The minimum Gasteiger partial charge on any atom is -0.377 e. The highest BCUT2D eigenvalue weighted by molar-refractivity contribution is 9.10. The number of nitrogens with one attached hydrogen (secondary N) is 1. The van der Waals surface area contributed by atoms with Crippen LogP contribution < -0.4 is 11.1 Å². The Hall–Kier alpha value is -1.13. The van der Waals surface area contributed by atoms with Crippen molar-refractivity contribution in [2.24, 2.45) is 11.7 Å². The number of pyridine rings is 1. The van der Waals surface area contributed by atoms with Crippen molar-refractivity contribution in [2.45, 2.75) is 38.1 Å². The zero-order valence-corrected chi connectivity index (χ0v) is 14.0. The third-order valence-corrected chi connectivity index (χ3v) is 4.96. The molecule has 1 aliphatic carbocycles. The number of halogens is 1. The predicted octanol–water partition coefficient (Wildman–Crippen LogP) is 4.32. The van der Waals surface area contributed by atoms with Gasteiger partial charge in [-0.1, -0.05) is 31.4 Å². The van der Waals surface area contributed by atoms with E-state index in [4.69, 9.17) is 5.73 Å². The zero-order valence-electron chi connectivity index (χ0n) is 12.4. The van der Waals surface area contributed by atoms with Gasteiger partial charge in [0.05, 0.1) is 11.2 Å². The molecule has 2 aromatic rings. The van der Waals surface area contributed by atoms with Crippen LogP contribution in [0.25, 0.3) is 10.9 Å². The molecule has 0 spiro atoms. The Labute approximate surface area is 134 Å². The van der Waals surface area contributed by atoms with Crippen molar-refractivity contribution < 1.29 is 0 Å². The Morgan fingerprint density at radius 2 is 2.24 bits per heavy atom. The van der Waals surface area contributed by atoms with Crippen molar-refractivity contribution in [2.75, 3.05) is 11.9 Å². The van der Waals surface area contributed by atoms with Gasteiger partial charge in [0, 0.05) is 28.1 Å². The first-order chi connectivity index (χ1) is 10.1. The molecule has 3 N–H and O–H groups in total. The molecule has 1 saturated carbocycles. The Morgan fingerprint density at radius 1 is 1.43 bits per heavy atom. The summed E-state index contributed by atoms with van der Waals surface area (Å²) in [5.41, 5.74) is 8.08. The summed E-state index contributed by atoms with van der Waals surface area (Å²) in [6, 6.07) is 8.35. The molecule has 21 heavy (non-hydrogen) atoms. The molecule has 3 nitrogen and oxygen atoms in total. The fraction of sp³-hybridized carbons (Fsp3) is 0.471. The van der Waals surface area contributed by atoms with Crippen LogP contribution in [0.2, 0.25) is 0 Å². The van der Waals surface area contributed by atoms with Crippen LogP contribution in [-0.4, -0.2) is 17.1 Å². The third-order valence-electron chi connectivity index (χ3n) is 4.53. The molecule has 3 rings (SSSR count). The summed E-state index contributed by atoms with van der Waals surface area (Å²) in [6.07, 6.45) is 7.04. The minimum absolute atomic E-state index is 0.0614. The summed E-state index contributed by atoms with van der Waals surface area (Å²) in [5, 5.41) is 4.80. The number of para-hydroxylation sites is 1. The lowest BCUT2D eigenvalue weighted by atomic mass is 9.76. The fourth-order valence-corrected chi connectivity index (χ4v) is 3.43. The van der Waals surface area contributed by atoms with Gasteiger partial charge in [0.15, 0.2) is 0 Å². The zero-order chi connectivity index (χ0) is 14.9. The third kappa shape index (κ3) is 3.22. The summed E-state index contributed by atoms with van der Waals surface area (Å²) in [6.45, 7) is 2.86. The van der Waals surface area contributed by atoms with Crippen molar-refractivity contribution in [1.82, 2.24) is 4.98 Å². The molecule has 1 aliphatic rings. The van der Waals surface area contributed by atoms with Crippen LogP contribution in [0.1, 0.15) is 32.6 Å². The van der Waals surface area contributed by atoms with Crippen LogP contribution in [-0.2, 0) is 0 Å². The number of benzene rings is 1. The number of nitrogens with two attached hydrogens (primary N) is 1. The van der Waals surface area contributed by atoms with Crippen molar-refractivity contribution in [1.29, 1.82) is 0 Å². The van der Waals surface area contributed by atoms with E-state index < -0.39 is 0 Å². The van der Waals surface area contributed by atoms with Gasteiger partial charge in [0.2, 0.25) is 0 Å². The predicted molar refractivity (Wildman–Crippen MR) is 92.5 cm³/mol. The highest BCUT2D eigenvalue weighted by atomic mass is 79.9. The fourth-order valence-electron chi connectivity index (χ4n) is 3.08. The Balaban J connectivity index is 1.88. The molecule has 1 aromatic heterocycles. The topological polar surface area (TPSA) is 50.9 Å². The second-order valence-corrected chi connectivity index (χ2v) is 7.34. The lowest BCUT2D eigenvalue weighted by molar-refractivity contribution is 0.248. The van der Waals surface area contributed by atoms with Gasteiger partial charge >= 0.3 is 0 Å². The van der Waals surface area contributed by atoms with E-state index in [9.17, 15) is 0 Å². The number of fused-ring (bicyclic) bond motifs is 1. The molecule has 0 radical (unpaired) electrons. The Kier molecular flexibility index (Phi) is 4.18. The van der Waals surface area contributed by atoms with Gasteiger partial charge in [-0.25, -0.2) is 0 Å².